The molecule has 0 atom stereocenters. The third-order valence-electron chi connectivity index (χ3n) is 6.30. The van der Waals surface area contributed by atoms with E-state index in [0.29, 0.717) is 0 Å². The van der Waals surface area contributed by atoms with Crippen molar-refractivity contribution < 1.29 is 18.9 Å². The Morgan fingerprint density at radius 3 is 0.784 bits per heavy atom. The van der Waals surface area contributed by atoms with Crippen molar-refractivity contribution >= 4 is 37.1 Å². The number of ether oxygens (including phenoxy) is 4. The highest BCUT2D eigenvalue weighted by molar-refractivity contribution is 7.74. The number of hydrogen-bond acceptors (Lipinski definition) is 4. The van der Waals surface area contributed by atoms with Crippen LogP contribution < -0.4 is 40.2 Å². The number of hydrogen-bond donors (Lipinski definition) is 0. The van der Waals surface area contributed by atoms with Gasteiger partial charge >= 0.3 is 0 Å². The Bertz CT molecular complexity index is 1030. The van der Waals surface area contributed by atoms with E-state index in [1.807, 2.05) is 0 Å². The van der Waals surface area contributed by atoms with Gasteiger partial charge in [-0.15, -0.1) is 0 Å². The van der Waals surface area contributed by atoms with Gasteiger partial charge in [0.15, 0.2) is 0 Å². The molecule has 0 heterocycles. The molecule has 0 saturated carbocycles. The summed E-state index contributed by atoms with van der Waals surface area (Å²) in [5.74, 6) is 3.54. The van der Waals surface area contributed by atoms with Crippen LogP contribution in [0.25, 0.3) is 0 Å². The zero-order valence-electron chi connectivity index (χ0n) is 21.9. The van der Waals surface area contributed by atoms with Gasteiger partial charge in [0.25, 0.3) is 0 Å². The number of methoxy groups -OCH3 is 4. The highest BCUT2D eigenvalue weighted by Crippen LogP contribution is 2.40. The van der Waals surface area contributed by atoms with Crippen molar-refractivity contribution in [2.75, 3.05) is 40.8 Å². The predicted molar refractivity (Wildman–Crippen MR) is 159 cm³/mol. The van der Waals surface area contributed by atoms with E-state index < -0.39 is 15.8 Å². The van der Waals surface area contributed by atoms with E-state index in [4.69, 9.17) is 18.9 Å². The standard InChI is InChI=1S/C31H34O4P2/c1-32-24-6-14-28(15-7-24)36(29-16-8-25(33-2)9-17-29)22-5-23-37(30-18-10-26(34-3)11-19-30)31-20-12-27(35-4)13-21-31/h6-21H,5,22-23H2,1-4H3. The molecule has 0 aliphatic carbocycles. The summed E-state index contributed by atoms with van der Waals surface area (Å²) in [5, 5.41) is 5.44. The van der Waals surface area contributed by atoms with E-state index in [1.54, 1.807) is 28.4 Å². The van der Waals surface area contributed by atoms with E-state index in [0.717, 1.165) is 41.7 Å². The lowest BCUT2D eigenvalue weighted by Crippen LogP contribution is -2.17. The molecule has 192 valence electrons. The monoisotopic (exact) mass is 532 g/mol. The summed E-state index contributed by atoms with van der Waals surface area (Å²) in [6.07, 6.45) is 3.34. The van der Waals surface area contributed by atoms with E-state index >= 15 is 0 Å². The summed E-state index contributed by atoms with van der Waals surface area (Å²) < 4.78 is 21.6. The van der Waals surface area contributed by atoms with Crippen molar-refractivity contribution in [3.8, 4) is 23.0 Å². The second-order valence-electron chi connectivity index (χ2n) is 8.45. The molecule has 0 unspecified atom stereocenters. The fraction of sp³-hybridized carbons (Fsp3) is 0.226. The Morgan fingerprint density at radius 1 is 0.378 bits per heavy atom. The van der Waals surface area contributed by atoms with Crippen LogP contribution in [0.1, 0.15) is 6.42 Å². The zero-order chi connectivity index (χ0) is 26.0. The molecule has 6 heteroatoms. The SMILES string of the molecule is COc1ccc(P(CCCP(c2ccc(OC)cc2)c2ccc(OC)cc2)c2ccc(OC)cc2)cc1. The molecular weight excluding hydrogens is 498 g/mol. The maximum Gasteiger partial charge on any atom is 0.118 e. The fourth-order valence-corrected chi connectivity index (χ4v) is 9.11. The van der Waals surface area contributed by atoms with Gasteiger partial charge in [0.05, 0.1) is 28.4 Å². The molecule has 0 spiro atoms. The average Bonchev–Trinajstić information content (AvgIpc) is 2.98. The van der Waals surface area contributed by atoms with Crippen LogP contribution in [0.5, 0.6) is 23.0 Å². The van der Waals surface area contributed by atoms with Gasteiger partial charge in [-0.25, -0.2) is 0 Å². The van der Waals surface area contributed by atoms with Crippen LogP contribution >= 0.6 is 15.8 Å². The van der Waals surface area contributed by atoms with Gasteiger partial charge < -0.3 is 18.9 Å². The molecule has 0 aliphatic heterocycles. The van der Waals surface area contributed by atoms with Gasteiger partial charge in [-0.05, 0) is 104 Å². The van der Waals surface area contributed by atoms with Crippen molar-refractivity contribution in [1.82, 2.24) is 0 Å². The first-order valence-electron chi connectivity index (χ1n) is 12.3. The molecule has 0 saturated heterocycles. The Morgan fingerprint density at radius 2 is 0.595 bits per heavy atom. The van der Waals surface area contributed by atoms with E-state index in [9.17, 15) is 0 Å². The maximum absolute atomic E-state index is 5.40. The van der Waals surface area contributed by atoms with Crippen LogP contribution in [0.2, 0.25) is 0 Å². The van der Waals surface area contributed by atoms with Crippen LogP contribution in [-0.4, -0.2) is 40.8 Å². The third kappa shape index (κ3) is 7.04. The molecule has 0 N–H and O–H groups in total. The fourth-order valence-electron chi connectivity index (χ4n) is 4.25. The summed E-state index contributed by atoms with van der Waals surface area (Å²) in [6.45, 7) is 0. The Kier molecular flexibility index (Phi) is 9.83. The molecule has 4 rings (SSSR count). The first kappa shape index (κ1) is 27.0. The largest absolute Gasteiger partial charge is 0.497 e. The molecule has 0 amide bonds. The highest BCUT2D eigenvalue weighted by atomic mass is 31.1. The van der Waals surface area contributed by atoms with Crippen LogP contribution in [0.4, 0.5) is 0 Å². The average molecular weight is 533 g/mol. The minimum Gasteiger partial charge on any atom is -0.497 e. The van der Waals surface area contributed by atoms with Gasteiger partial charge in [0.1, 0.15) is 23.0 Å². The lowest BCUT2D eigenvalue weighted by Gasteiger charge is -2.23. The summed E-state index contributed by atoms with van der Waals surface area (Å²) in [6, 6.07) is 34.2. The predicted octanol–water partition coefficient (Wildman–Crippen LogP) is 5.68. The van der Waals surface area contributed by atoms with E-state index in [-0.39, 0.29) is 0 Å². The van der Waals surface area contributed by atoms with Crippen molar-refractivity contribution in [1.29, 1.82) is 0 Å². The van der Waals surface area contributed by atoms with Crippen LogP contribution in [0.15, 0.2) is 97.1 Å². The molecule has 0 bridgehead atoms. The van der Waals surface area contributed by atoms with Gasteiger partial charge in [-0.2, -0.15) is 0 Å². The number of rotatable bonds is 12. The lowest BCUT2D eigenvalue weighted by molar-refractivity contribution is 0.415. The smallest absolute Gasteiger partial charge is 0.118 e. The van der Waals surface area contributed by atoms with Crippen LogP contribution in [0, 0.1) is 0 Å². The summed E-state index contributed by atoms with van der Waals surface area (Å²) in [5.41, 5.74) is 0. The van der Waals surface area contributed by atoms with Crippen LogP contribution in [0.3, 0.4) is 0 Å². The van der Waals surface area contributed by atoms with Gasteiger partial charge in [-0.1, -0.05) is 48.5 Å². The van der Waals surface area contributed by atoms with Gasteiger partial charge in [0, 0.05) is 0 Å². The minimum atomic E-state index is -0.510. The first-order chi connectivity index (χ1) is 18.1. The molecule has 4 aromatic rings. The van der Waals surface area contributed by atoms with Crippen molar-refractivity contribution in [2.45, 2.75) is 6.42 Å². The van der Waals surface area contributed by atoms with E-state index in [1.165, 1.54) is 21.2 Å². The van der Waals surface area contributed by atoms with Gasteiger partial charge in [0.2, 0.25) is 0 Å². The maximum atomic E-state index is 5.40. The molecule has 0 fully saturated rings. The van der Waals surface area contributed by atoms with Crippen LogP contribution in [-0.2, 0) is 0 Å². The normalized spacial score (nSPS) is 11.0. The second-order valence-corrected chi connectivity index (χ2v) is 13.1. The third-order valence-corrected chi connectivity index (χ3v) is 11.5. The van der Waals surface area contributed by atoms with Crippen molar-refractivity contribution in [3.05, 3.63) is 97.1 Å². The Balaban J connectivity index is 1.58. The van der Waals surface area contributed by atoms with E-state index in [2.05, 4.69) is 97.1 Å². The van der Waals surface area contributed by atoms with Crippen molar-refractivity contribution in [2.24, 2.45) is 0 Å². The molecular formula is C31H34O4P2. The molecule has 0 radical (unpaired) electrons. The number of benzene rings is 4. The van der Waals surface area contributed by atoms with Crippen molar-refractivity contribution in [3.63, 3.8) is 0 Å². The first-order valence-corrected chi connectivity index (χ1v) is 15.3. The Hall–Kier alpha value is -3.06. The highest BCUT2D eigenvalue weighted by Gasteiger charge is 2.18. The summed E-state index contributed by atoms with van der Waals surface area (Å²) in [7, 11) is 5.82. The topological polar surface area (TPSA) is 36.9 Å². The van der Waals surface area contributed by atoms with Gasteiger partial charge in [-0.3, -0.25) is 0 Å². The summed E-state index contributed by atoms with van der Waals surface area (Å²) in [4.78, 5) is 0. The summed E-state index contributed by atoms with van der Waals surface area (Å²) >= 11 is 0. The quantitative estimate of drug-likeness (QED) is 0.220. The second kappa shape index (κ2) is 13.5. The molecule has 4 nitrogen and oxygen atoms in total. The zero-order valence-corrected chi connectivity index (χ0v) is 23.7. The Labute approximate surface area is 223 Å². The lowest BCUT2D eigenvalue weighted by atomic mass is 10.3. The molecule has 0 aromatic heterocycles. The molecule has 4 aromatic carbocycles. The molecule has 37 heavy (non-hydrogen) atoms. The molecule has 0 aliphatic rings. The minimum absolute atomic E-state index is 0.510.